The minimum atomic E-state index is 0.317. The van der Waals surface area contributed by atoms with Crippen molar-refractivity contribution < 1.29 is 9.90 Å². The standard InChI is InChI=1S/C21H26O2/c22-11-20-16(18-9-12-1-3-14(18)7-12)5-6-17(21(20)23)19-10-13-2-4-15(19)8-13/h5-6,11-15,18-19,23H,1-4,7-10H2. The Balaban J connectivity index is 1.52. The largest absolute Gasteiger partial charge is 0.507 e. The summed E-state index contributed by atoms with van der Waals surface area (Å²) in [7, 11) is 0. The summed E-state index contributed by atoms with van der Waals surface area (Å²) in [4.78, 5) is 11.8. The van der Waals surface area contributed by atoms with Gasteiger partial charge in [-0.05, 0) is 85.2 Å². The van der Waals surface area contributed by atoms with E-state index in [1.165, 1.54) is 51.4 Å². The van der Waals surface area contributed by atoms with Crippen molar-refractivity contribution in [3.63, 3.8) is 0 Å². The lowest BCUT2D eigenvalue weighted by Gasteiger charge is -2.27. The van der Waals surface area contributed by atoms with Crippen LogP contribution in [-0.2, 0) is 0 Å². The molecule has 6 atom stereocenters. The molecule has 122 valence electrons. The van der Waals surface area contributed by atoms with Crippen molar-refractivity contribution in [2.24, 2.45) is 23.7 Å². The number of hydrogen-bond acceptors (Lipinski definition) is 2. The van der Waals surface area contributed by atoms with Gasteiger partial charge in [0.25, 0.3) is 0 Å². The average molecular weight is 310 g/mol. The lowest BCUT2D eigenvalue weighted by Crippen LogP contribution is -2.13. The van der Waals surface area contributed by atoms with Crippen LogP contribution in [0.5, 0.6) is 5.75 Å². The molecule has 6 unspecified atom stereocenters. The quantitative estimate of drug-likeness (QED) is 0.797. The van der Waals surface area contributed by atoms with Gasteiger partial charge in [0.1, 0.15) is 5.75 Å². The average Bonchev–Trinajstić information content (AvgIpc) is 3.34. The van der Waals surface area contributed by atoms with Crippen molar-refractivity contribution in [1.82, 2.24) is 0 Å². The SMILES string of the molecule is O=Cc1c(C2CC3CCC2C3)ccc(C2CC3CCC2C3)c1O. The van der Waals surface area contributed by atoms with E-state index in [0.29, 0.717) is 23.1 Å². The number of carbonyl (C=O) groups is 1. The molecule has 5 rings (SSSR count). The van der Waals surface area contributed by atoms with Crippen LogP contribution in [0, 0.1) is 23.7 Å². The molecule has 2 nitrogen and oxygen atoms in total. The first-order valence-corrected chi connectivity index (χ1v) is 9.55. The van der Waals surface area contributed by atoms with Gasteiger partial charge in [0.15, 0.2) is 6.29 Å². The van der Waals surface area contributed by atoms with Crippen LogP contribution in [0.3, 0.4) is 0 Å². The molecule has 4 fully saturated rings. The normalized spacial score (nSPS) is 40.9. The van der Waals surface area contributed by atoms with Crippen molar-refractivity contribution in [3.8, 4) is 5.75 Å². The van der Waals surface area contributed by atoms with Gasteiger partial charge in [0.2, 0.25) is 0 Å². The minimum absolute atomic E-state index is 0.317. The number of aromatic hydroxyl groups is 1. The molecule has 0 aromatic heterocycles. The number of benzene rings is 1. The first kappa shape index (κ1) is 14.1. The van der Waals surface area contributed by atoms with Crippen molar-refractivity contribution in [3.05, 3.63) is 28.8 Å². The van der Waals surface area contributed by atoms with Crippen LogP contribution in [0.1, 0.15) is 84.7 Å². The Morgan fingerprint density at radius 3 is 1.87 bits per heavy atom. The highest BCUT2D eigenvalue weighted by atomic mass is 16.3. The molecule has 4 aliphatic rings. The zero-order valence-electron chi connectivity index (χ0n) is 13.7. The summed E-state index contributed by atoms with van der Waals surface area (Å²) in [6, 6.07) is 4.35. The highest BCUT2D eigenvalue weighted by molar-refractivity contribution is 5.83. The molecule has 1 aromatic rings. The van der Waals surface area contributed by atoms with Crippen LogP contribution < -0.4 is 0 Å². The van der Waals surface area contributed by atoms with Gasteiger partial charge in [-0.2, -0.15) is 0 Å². The first-order valence-electron chi connectivity index (χ1n) is 9.55. The van der Waals surface area contributed by atoms with Crippen LogP contribution >= 0.6 is 0 Å². The Kier molecular flexibility index (Phi) is 3.11. The summed E-state index contributed by atoms with van der Waals surface area (Å²) >= 11 is 0. The topological polar surface area (TPSA) is 37.3 Å². The molecular weight excluding hydrogens is 284 g/mol. The third-order valence-corrected chi connectivity index (χ3v) is 7.67. The molecule has 4 saturated carbocycles. The molecule has 0 heterocycles. The van der Waals surface area contributed by atoms with Crippen molar-refractivity contribution in [1.29, 1.82) is 0 Å². The molecule has 1 aromatic carbocycles. The number of phenols is 1. The van der Waals surface area contributed by atoms with E-state index in [0.717, 1.165) is 41.1 Å². The van der Waals surface area contributed by atoms with E-state index >= 15 is 0 Å². The van der Waals surface area contributed by atoms with Gasteiger partial charge in [0, 0.05) is 0 Å². The fourth-order valence-electron chi connectivity index (χ4n) is 6.64. The lowest BCUT2D eigenvalue weighted by atomic mass is 9.78. The zero-order valence-corrected chi connectivity index (χ0v) is 13.7. The molecule has 1 N–H and O–H groups in total. The van der Waals surface area contributed by atoms with E-state index in [-0.39, 0.29) is 0 Å². The van der Waals surface area contributed by atoms with Gasteiger partial charge in [0.05, 0.1) is 5.56 Å². The van der Waals surface area contributed by atoms with E-state index in [1.54, 1.807) is 0 Å². The smallest absolute Gasteiger partial charge is 0.154 e. The Morgan fingerprint density at radius 1 is 0.826 bits per heavy atom. The fourth-order valence-corrected chi connectivity index (χ4v) is 6.64. The molecule has 4 bridgehead atoms. The lowest BCUT2D eigenvalue weighted by molar-refractivity contribution is 0.111. The predicted octanol–water partition coefficient (Wildman–Crippen LogP) is 5.01. The Bertz CT molecular complexity index is 649. The third-order valence-electron chi connectivity index (χ3n) is 7.67. The van der Waals surface area contributed by atoms with Gasteiger partial charge in [-0.15, -0.1) is 0 Å². The number of fused-ring (bicyclic) bond motifs is 4. The summed E-state index contributed by atoms with van der Waals surface area (Å²) in [5.74, 6) is 4.50. The van der Waals surface area contributed by atoms with Gasteiger partial charge >= 0.3 is 0 Å². The first-order chi connectivity index (χ1) is 11.2. The molecule has 2 heteroatoms. The van der Waals surface area contributed by atoms with Gasteiger partial charge in [-0.25, -0.2) is 0 Å². The monoisotopic (exact) mass is 310 g/mol. The van der Waals surface area contributed by atoms with Crippen LogP contribution in [0.2, 0.25) is 0 Å². The van der Waals surface area contributed by atoms with Crippen molar-refractivity contribution in [2.45, 2.75) is 63.2 Å². The molecule has 0 radical (unpaired) electrons. The van der Waals surface area contributed by atoms with Crippen molar-refractivity contribution in [2.75, 3.05) is 0 Å². The predicted molar refractivity (Wildman–Crippen MR) is 89.9 cm³/mol. The molecule has 0 aliphatic heterocycles. The van der Waals surface area contributed by atoms with E-state index in [9.17, 15) is 9.90 Å². The van der Waals surface area contributed by atoms with Crippen LogP contribution in [0.15, 0.2) is 12.1 Å². The highest BCUT2D eigenvalue weighted by Gasteiger charge is 2.43. The second kappa shape index (κ2) is 5.09. The van der Waals surface area contributed by atoms with Gasteiger partial charge in [-0.1, -0.05) is 25.0 Å². The summed E-state index contributed by atoms with van der Waals surface area (Å²) in [5.41, 5.74) is 2.81. The second-order valence-electron chi connectivity index (χ2n) is 8.69. The molecular formula is C21H26O2. The maximum atomic E-state index is 11.8. The second-order valence-corrected chi connectivity index (χ2v) is 8.69. The van der Waals surface area contributed by atoms with Crippen LogP contribution in [-0.4, -0.2) is 11.4 Å². The highest BCUT2D eigenvalue weighted by Crippen LogP contribution is 2.57. The molecule has 0 amide bonds. The van der Waals surface area contributed by atoms with Crippen LogP contribution in [0.25, 0.3) is 0 Å². The number of aldehydes is 1. The third kappa shape index (κ3) is 2.03. The summed E-state index contributed by atoms with van der Waals surface area (Å²) in [6.07, 6.45) is 11.4. The fraction of sp³-hybridized carbons (Fsp3) is 0.667. The van der Waals surface area contributed by atoms with Gasteiger partial charge in [-0.3, -0.25) is 4.79 Å². The maximum absolute atomic E-state index is 11.8. The zero-order chi connectivity index (χ0) is 15.6. The van der Waals surface area contributed by atoms with Crippen LogP contribution in [0.4, 0.5) is 0 Å². The maximum Gasteiger partial charge on any atom is 0.154 e. The van der Waals surface area contributed by atoms with E-state index < -0.39 is 0 Å². The Morgan fingerprint density at radius 2 is 1.39 bits per heavy atom. The molecule has 0 saturated heterocycles. The van der Waals surface area contributed by atoms with E-state index in [4.69, 9.17) is 0 Å². The molecule has 0 spiro atoms. The minimum Gasteiger partial charge on any atom is -0.507 e. The Hall–Kier alpha value is -1.31. The van der Waals surface area contributed by atoms with E-state index in [2.05, 4.69) is 12.1 Å². The summed E-state index contributed by atoms with van der Waals surface area (Å²) in [6.45, 7) is 0. The summed E-state index contributed by atoms with van der Waals surface area (Å²) < 4.78 is 0. The number of hydrogen-bond donors (Lipinski definition) is 1. The van der Waals surface area contributed by atoms with E-state index in [1.807, 2.05) is 0 Å². The summed E-state index contributed by atoms with van der Waals surface area (Å²) in [5, 5.41) is 10.9. The molecule has 4 aliphatic carbocycles. The number of carbonyl (C=O) groups excluding carboxylic acids is 1. The molecule has 23 heavy (non-hydrogen) atoms. The number of phenolic OH excluding ortho intramolecular Hbond substituents is 1. The number of rotatable bonds is 3. The van der Waals surface area contributed by atoms with Gasteiger partial charge < -0.3 is 5.11 Å². The van der Waals surface area contributed by atoms with Crippen molar-refractivity contribution >= 4 is 6.29 Å². The Labute approximate surface area is 138 Å².